The number of carbonyl (C=O) groups is 2. The van der Waals surface area contributed by atoms with Crippen LogP contribution in [0.2, 0.25) is 0 Å². The number of pyridine rings is 1. The Morgan fingerprint density at radius 2 is 1.79 bits per heavy atom. The van der Waals surface area contributed by atoms with Crippen molar-refractivity contribution >= 4 is 17.6 Å². The third-order valence-corrected chi connectivity index (χ3v) is 4.35. The molecule has 0 saturated carbocycles. The molecule has 0 saturated heterocycles. The maximum Gasteiger partial charge on any atom is 0.338 e. The van der Waals surface area contributed by atoms with Gasteiger partial charge in [0.1, 0.15) is 5.56 Å². The number of aromatic nitrogens is 1. The Morgan fingerprint density at radius 3 is 2.48 bits per heavy atom. The van der Waals surface area contributed by atoms with E-state index in [-0.39, 0.29) is 11.1 Å². The number of ether oxygens (including phenoxy) is 1. The number of nitrogens with one attached hydrogen (secondary N) is 1. The lowest BCUT2D eigenvalue weighted by atomic mass is 10.1. The van der Waals surface area contributed by atoms with Gasteiger partial charge in [-0.25, -0.2) is 4.79 Å². The minimum Gasteiger partial charge on any atom is -0.462 e. The number of rotatable bonds is 6. The average molecular weight is 390 g/mol. The Bertz CT molecular complexity index is 1080. The van der Waals surface area contributed by atoms with E-state index in [4.69, 9.17) is 4.74 Å². The van der Waals surface area contributed by atoms with E-state index in [9.17, 15) is 14.4 Å². The van der Waals surface area contributed by atoms with Crippen molar-refractivity contribution in [1.82, 2.24) is 4.57 Å². The minimum atomic E-state index is -0.502. The van der Waals surface area contributed by atoms with Crippen LogP contribution in [0.4, 0.5) is 5.69 Å². The van der Waals surface area contributed by atoms with Gasteiger partial charge in [-0.05, 0) is 55.8 Å². The lowest BCUT2D eigenvalue weighted by Gasteiger charge is -2.10. The third-order valence-electron chi connectivity index (χ3n) is 4.35. The summed E-state index contributed by atoms with van der Waals surface area (Å²) in [5.74, 6) is -0.926. The van der Waals surface area contributed by atoms with Crippen LogP contribution < -0.4 is 10.9 Å². The number of nitrogens with zero attached hydrogens (tertiary/aromatic N) is 1. The van der Waals surface area contributed by atoms with Crippen molar-refractivity contribution in [3.63, 3.8) is 0 Å². The molecule has 0 radical (unpaired) electrons. The second-order valence-electron chi connectivity index (χ2n) is 6.60. The lowest BCUT2D eigenvalue weighted by Crippen LogP contribution is -2.29. The highest BCUT2D eigenvalue weighted by molar-refractivity contribution is 6.04. The SMILES string of the molecule is CCOC(=O)c1ccc(NC(=O)c2cccn(Cc3cccc(C)c3)c2=O)cc1. The molecular formula is C23H22N2O4. The van der Waals surface area contributed by atoms with Crippen LogP contribution in [0.3, 0.4) is 0 Å². The summed E-state index contributed by atoms with van der Waals surface area (Å²) in [6, 6.07) is 17.4. The van der Waals surface area contributed by atoms with Gasteiger partial charge in [0.05, 0.1) is 18.7 Å². The highest BCUT2D eigenvalue weighted by Crippen LogP contribution is 2.12. The van der Waals surface area contributed by atoms with Crippen molar-refractivity contribution in [1.29, 1.82) is 0 Å². The lowest BCUT2D eigenvalue weighted by molar-refractivity contribution is 0.0526. The summed E-state index contributed by atoms with van der Waals surface area (Å²) in [6.45, 7) is 4.40. The van der Waals surface area contributed by atoms with Gasteiger partial charge in [0.2, 0.25) is 0 Å². The quantitative estimate of drug-likeness (QED) is 0.652. The maximum absolute atomic E-state index is 12.7. The largest absolute Gasteiger partial charge is 0.462 e. The fourth-order valence-corrected chi connectivity index (χ4v) is 2.94. The zero-order chi connectivity index (χ0) is 20.8. The second kappa shape index (κ2) is 9.01. The summed E-state index contributed by atoms with van der Waals surface area (Å²) < 4.78 is 6.44. The van der Waals surface area contributed by atoms with Crippen molar-refractivity contribution < 1.29 is 14.3 Å². The van der Waals surface area contributed by atoms with E-state index in [1.165, 1.54) is 10.6 Å². The van der Waals surface area contributed by atoms with Gasteiger partial charge in [-0.1, -0.05) is 29.8 Å². The summed E-state index contributed by atoms with van der Waals surface area (Å²) in [5, 5.41) is 2.69. The molecule has 1 aromatic heterocycles. The van der Waals surface area contributed by atoms with Crippen molar-refractivity contribution in [2.24, 2.45) is 0 Å². The van der Waals surface area contributed by atoms with Gasteiger partial charge in [-0.3, -0.25) is 9.59 Å². The number of anilines is 1. The normalized spacial score (nSPS) is 10.4. The number of aryl methyl sites for hydroxylation is 1. The topological polar surface area (TPSA) is 77.4 Å². The minimum absolute atomic E-state index is 0.0506. The van der Waals surface area contributed by atoms with Crippen molar-refractivity contribution in [3.05, 3.63) is 99.5 Å². The molecule has 6 nitrogen and oxygen atoms in total. The fourth-order valence-electron chi connectivity index (χ4n) is 2.94. The predicted octanol–water partition coefficient (Wildman–Crippen LogP) is 3.63. The van der Waals surface area contributed by atoms with Crippen LogP contribution in [0.25, 0.3) is 0 Å². The molecule has 1 amide bonds. The Hall–Kier alpha value is -3.67. The van der Waals surface area contributed by atoms with Crippen LogP contribution in [-0.2, 0) is 11.3 Å². The smallest absolute Gasteiger partial charge is 0.338 e. The van der Waals surface area contributed by atoms with E-state index in [2.05, 4.69) is 5.32 Å². The van der Waals surface area contributed by atoms with Crippen LogP contribution in [0.1, 0.15) is 38.8 Å². The zero-order valence-corrected chi connectivity index (χ0v) is 16.3. The molecule has 29 heavy (non-hydrogen) atoms. The van der Waals surface area contributed by atoms with E-state index in [1.807, 2.05) is 31.2 Å². The molecule has 3 aromatic rings. The molecule has 0 unspecified atom stereocenters. The number of esters is 1. The standard InChI is InChI=1S/C23H22N2O4/c1-3-29-23(28)18-9-11-19(12-10-18)24-21(26)20-8-5-13-25(22(20)27)15-17-7-4-6-16(2)14-17/h4-14H,3,15H2,1-2H3,(H,24,26). The van der Waals surface area contributed by atoms with E-state index in [0.717, 1.165) is 11.1 Å². The van der Waals surface area contributed by atoms with Gasteiger partial charge in [-0.15, -0.1) is 0 Å². The Balaban J connectivity index is 1.76. The van der Waals surface area contributed by atoms with Crippen LogP contribution >= 0.6 is 0 Å². The molecule has 1 N–H and O–H groups in total. The molecule has 1 heterocycles. The van der Waals surface area contributed by atoms with E-state index in [0.29, 0.717) is 24.4 Å². The molecule has 0 atom stereocenters. The van der Waals surface area contributed by atoms with Gasteiger partial charge in [0.25, 0.3) is 11.5 Å². The van der Waals surface area contributed by atoms with E-state index >= 15 is 0 Å². The first-order valence-corrected chi connectivity index (χ1v) is 9.31. The molecule has 2 aromatic carbocycles. The van der Waals surface area contributed by atoms with Crippen LogP contribution in [-0.4, -0.2) is 23.1 Å². The van der Waals surface area contributed by atoms with Gasteiger partial charge in [0, 0.05) is 11.9 Å². The van der Waals surface area contributed by atoms with Crippen LogP contribution in [0.5, 0.6) is 0 Å². The summed E-state index contributed by atoms with van der Waals surface area (Å²) in [4.78, 5) is 37.0. The van der Waals surface area contributed by atoms with Gasteiger partial charge < -0.3 is 14.6 Å². The molecule has 0 aliphatic carbocycles. The van der Waals surface area contributed by atoms with Crippen molar-refractivity contribution in [3.8, 4) is 0 Å². The number of carbonyl (C=O) groups excluding carboxylic acids is 2. The highest BCUT2D eigenvalue weighted by Gasteiger charge is 2.13. The Morgan fingerprint density at radius 1 is 1.03 bits per heavy atom. The highest BCUT2D eigenvalue weighted by atomic mass is 16.5. The summed E-state index contributed by atoms with van der Waals surface area (Å²) >= 11 is 0. The van der Waals surface area contributed by atoms with Gasteiger partial charge in [-0.2, -0.15) is 0 Å². The Labute approximate surface area is 168 Å². The summed E-state index contributed by atoms with van der Waals surface area (Å²) in [5.41, 5.74) is 2.65. The molecular weight excluding hydrogens is 368 g/mol. The first-order chi connectivity index (χ1) is 14.0. The number of hydrogen-bond acceptors (Lipinski definition) is 4. The average Bonchev–Trinajstić information content (AvgIpc) is 2.70. The monoisotopic (exact) mass is 390 g/mol. The van der Waals surface area contributed by atoms with Crippen molar-refractivity contribution in [2.45, 2.75) is 20.4 Å². The number of hydrogen-bond donors (Lipinski definition) is 1. The zero-order valence-electron chi connectivity index (χ0n) is 16.3. The third kappa shape index (κ3) is 4.99. The van der Waals surface area contributed by atoms with Gasteiger partial charge >= 0.3 is 5.97 Å². The molecule has 0 bridgehead atoms. The number of benzene rings is 2. The summed E-state index contributed by atoms with van der Waals surface area (Å²) in [6.07, 6.45) is 1.66. The summed E-state index contributed by atoms with van der Waals surface area (Å²) in [7, 11) is 0. The van der Waals surface area contributed by atoms with E-state index < -0.39 is 11.9 Å². The molecule has 3 rings (SSSR count). The van der Waals surface area contributed by atoms with Crippen LogP contribution in [0.15, 0.2) is 71.7 Å². The molecule has 0 fully saturated rings. The molecule has 6 heteroatoms. The van der Waals surface area contributed by atoms with E-state index in [1.54, 1.807) is 43.5 Å². The second-order valence-corrected chi connectivity index (χ2v) is 6.60. The first-order valence-electron chi connectivity index (χ1n) is 9.31. The molecule has 0 spiro atoms. The van der Waals surface area contributed by atoms with Crippen molar-refractivity contribution in [2.75, 3.05) is 11.9 Å². The molecule has 0 aliphatic heterocycles. The predicted molar refractivity (Wildman–Crippen MR) is 111 cm³/mol. The van der Waals surface area contributed by atoms with Crippen LogP contribution in [0, 0.1) is 6.92 Å². The molecule has 0 aliphatic rings. The number of amides is 1. The van der Waals surface area contributed by atoms with Gasteiger partial charge in [0.15, 0.2) is 0 Å². The Kier molecular flexibility index (Phi) is 6.24. The molecule has 148 valence electrons. The maximum atomic E-state index is 12.7. The fraction of sp³-hybridized carbons (Fsp3) is 0.174. The first kappa shape index (κ1) is 20.1.